The molecule has 1 heterocycles. The van der Waals surface area contributed by atoms with E-state index in [9.17, 15) is 0 Å². The van der Waals surface area contributed by atoms with Crippen LogP contribution in [0.5, 0.6) is 0 Å². The summed E-state index contributed by atoms with van der Waals surface area (Å²) in [5.74, 6) is 0. The Kier molecular flexibility index (Phi) is 3.80. The van der Waals surface area contributed by atoms with E-state index in [0.29, 0.717) is 6.04 Å². The summed E-state index contributed by atoms with van der Waals surface area (Å²) in [7, 11) is 2.02. The maximum Gasteiger partial charge on any atom is 0.0834 e. The average Bonchev–Trinajstić information content (AvgIpc) is 3.20. The van der Waals surface area contributed by atoms with Crippen molar-refractivity contribution in [2.24, 2.45) is 0 Å². The van der Waals surface area contributed by atoms with Crippen LogP contribution >= 0.6 is 11.6 Å². The molecular weight excluding hydrogens is 282 g/mol. The van der Waals surface area contributed by atoms with E-state index >= 15 is 0 Å². The van der Waals surface area contributed by atoms with Crippen molar-refractivity contribution in [3.05, 3.63) is 52.8 Å². The minimum Gasteiger partial charge on any atom is -0.311 e. The Morgan fingerprint density at radius 1 is 1.24 bits per heavy atom. The Morgan fingerprint density at radius 2 is 1.90 bits per heavy atom. The first kappa shape index (κ1) is 14.6. The van der Waals surface area contributed by atoms with E-state index in [2.05, 4.69) is 54.6 Å². The molecule has 1 aliphatic carbocycles. The minimum absolute atomic E-state index is 0.145. The fourth-order valence-corrected chi connectivity index (χ4v) is 3.60. The second-order valence-corrected chi connectivity index (χ2v) is 6.57. The van der Waals surface area contributed by atoms with Crippen molar-refractivity contribution in [3.8, 4) is 0 Å². The van der Waals surface area contributed by atoms with Gasteiger partial charge in [-0.3, -0.25) is 4.68 Å². The van der Waals surface area contributed by atoms with Crippen LogP contribution in [-0.2, 0) is 5.41 Å². The van der Waals surface area contributed by atoms with Gasteiger partial charge in [-0.05, 0) is 39.3 Å². The van der Waals surface area contributed by atoms with Crippen molar-refractivity contribution in [2.45, 2.75) is 44.2 Å². The van der Waals surface area contributed by atoms with Crippen LogP contribution in [0.15, 0.2) is 36.5 Å². The highest BCUT2D eigenvalue weighted by atomic mass is 35.5. The zero-order valence-electron chi connectivity index (χ0n) is 12.8. The quantitative estimate of drug-likeness (QED) is 0.901. The zero-order chi connectivity index (χ0) is 15.0. The number of nitrogens with one attached hydrogen (secondary N) is 1. The molecule has 1 N–H and O–H groups in total. The van der Waals surface area contributed by atoms with Gasteiger partial charge in [0, 0.05) is 11.5 Å². The SMILES string of the molecule is CNC(c1c(Cl)cnn1C(C)C)C1(c2ccccc2)CC1. The third-order valence-corrected chi connectivity index (χ3v) is 4.82. The van der Waals surface area contributed by atoms with Gasteiger partial charge in [0.25, 0.3) is 0 Å². The van der Waals surface area contributed by atoms with Crippen molar-refractivity contribution >= 4 is 11.6 Å². The zero-order valence-corrected chi connectivity index (χ0v) is 13.6. The molecule has 1 atom stereocenters. The highest BCUT2D eigenvalue weighted by molar-refractivity contribution is 6.31. The first-order valence-corrected chi connectivity index (χ1v) is 7.93. The number of nitrogens with zero attached hydrogens (tertiary/aromatic N) is 2. The maximum absolute atomic E-state index is 6.46. The number of likely N-dealkylation sites (N-methyl/N-ethyl adjacent to an activating group) is 1. The third-order valence-electron chi connectivity index (χ3n) is 4.53. The number of benzene rings is 1. The Morgan fingerprint density at radius 3 is 2.43 bits per heavy atom. The lowest BCUT2D eigenvalue weighted by atomic mass is 9.86. The minimum atomic E-state index is 0.145. The Bertz CT molecular complexity index is 614. The highest BCUT2D eigenvalue weighted by Crippen LogP contribution is 2.57. The van der Waals surface area contributed by atoms with Gasteiger partial charge in [0.1, 0.15) is 0 Å². The van der Waals surface area contributed by atoms with Gasteiger partial charge in [-0.25, -0.2) is 0 Å². The van der Waals surface area contributed by atoms with Crippen molar-refractivity contribution in [2.75, 3.05) is 7.05 Å². The van der Waals surface area contributed by atoms with Gasteiger partial charge in [0.2, 0.25) is 0 Å². The van der Waals surface area contributed by atoms with Crippen LogP contribution in [-0.4, -0.2) is 16.8 Å². The fourth-order valence-electron chi connectivity index (χ4n) is 3.36. The molecule has 0 aliphatic heterocycles. The molecule has 112 valence electrons. The summed E-state index contributed by atoms with van der Waals surface area (Å²) >= 11 is 6.46. The molecule has 2 aromatic rings. The van der Waals surface area contributed by atoms with Crippen LogP contribution in [0.1, 0.15) is 50.0 Å². The summed E-state index contributed by atoms with van der Waals surface area (Å²) in [6.07, 6.45) is 4.13. The summed E-state index contributed by atoms with van der Waals surface area (Å²) in [5, 5.41) is 8.72. The molecule has 1 saturated carbocycles. The van der Waals surface area contributed by atoms with E-state index in [1.807, 2.05) is 11.7 Å². The first-order chi connectivity index (χ1) is 10.1. The summed E-state index contributed by atoms with van der Waals surface area (Å²) in [6, 6.07) is 11.2. The maximum atomic E-state index is 6.46. The van der Waals surface area contributed by atoms with Gasteiger partial charge in [0.15, 0.2) is 0 Å². The lowest BCUT2D eigenvalue weighted by Crippen LogP contribution is -2.32. The van der Waals surface area contributed by atoms with Crippen LogP contribution < -0.4 is 5.32 Å². The van der Waals surface area contributed by atoms with Gasteiger partial charge in [0.05, 0.1) is 23.0 Å². The molecule has 0 radical (unpaired) electrons. The molecule has 3 nitrogen and oxygen atoms in total. The lowest BCUT2D eigenvalue weighted by Gasteiger charge is -2.29. The van der Waals surface area contributed by atoms with Crippen molar-refractivity contribution < 1.29 is 0 Å². The average molecular weight is 304 g/mol. The molecule has 0 spiro atoms. The molecule has 0 bridgehead atoms. The summed E-state index contributed by atoms with van der Waals surface area (Å²) in [6.45, 7) is 4.28. The predicted molar refractivity (Wildman–Crippen MR) is 86.8 cm³/mol. The molecule has 0 saturated heterocycles. The predicted octanol–water partition coefficient (Wildman–Crippen LogP) is 4.11. The second-order valence-electron chi connectivity index (χ2n) is 6.16. The number of rotatable bonds is 5. The molecule has 0 amide bonds. The lowest BCUT2D eigenvalue weighted by molar-refractivity contribution is 0.403. The number of aromatic nitrogens is 2. The highest BCUT2D eigenvalue weighted by Gasteiger charge is 2.52. The molecule has 1 unspecified atom stereocenters. The topological polar surface area (TPSA) is 29.9 Å². The largest absolute Gasteiger partial charge is 0.311 e. The van der Waals surface area contributed by atoms with Crippen molar-refractivity contribution in [1.29, 1.82) is 0 Å². The molecule has 1 aliphatic rings. The van der Waals surface area contributed by atoms with Crippen LogP contribution in [0.2, 0.25) is 5.02 Å². The van der Waals surface area contributed by atoms with Gasteiger partial charge < -0.3 is 5.32 Å². The van der Waals surface area contributed by atoms with Gasteiger partial charge >= 0.3 is 0 Å². The summed E-state index contributed by atoms with van der Waals surface area (Å²) in [5.41, 5.74) is 2.64. The van der Waals surface area contributed by atoms with Gasteiger partial charge in [-0.1, -0.05) is 41.9 Å². The van der Waals surface area contributed by atoms with E-state index < -0.39 is 0 Å². The monoisotopic (exact) mass is 303 g/mol. The molecule has 4 heteroatoms. The van der Waals surface area contributed by atoms with Crippen molar-refractivity contribution in [1.82, 2.24) is 15.1 Å². The van der Waals surface area contributed by atoms with Gasteiger partial charge in [-0.15, -0.1) is 0 Å². The van der Waals surface area contributed by atoms with E-state index in [4.69, 9.17) is 11.6 Å². The van der Waals surface area contributed by atoms with E-state index in [1.165, 1.54) is 18.4 Å². The Balaban J connectivity index is 2.06. The van der Waals surface area contributed by atoms with Gasteiger partial charge in [-0.2, -0.15) is 5.10 Å². The number of hydrogen-bond acceptors (Lipinski definition) is 2. The Labute approximate surface area is 131 Å². The molecule has 1 aromatic carbocycles. The Hall–Kier alpha value is -1.32. The van der Waals surface area contributed by atoms with Crippen molar-refractivity contribution in [3.63, 3.8) is 0 Å². The first-order valence-electron chi connectivity index (χ1n) is 7.56. The summed E-state index contributed by atoms with van der Waals surface area (Å²) in [4.78, 5) is 0. The second kappa shape index (κ2) is 5.47. The molecule has 1 aromatic heterocycles. The number of halogens is 1. The standard InChI is InChI=1S/C17H22ClN3/c1-12(2)21-15(14(18)11-20-21)16(19-3)17(9-10-17)13-7-5-4-6-8-13/h4-8,11-12,16,19H,9-10H2,1-3H3. The third kappa shape index (κ3) is 2.39. The smallest absolute Gasteiger partial charge is 0.0834 e. The fraction of sp³-hybridized carbons (Fsp3) is 0.471. The molecular formula is C17H22ClN3. The molecule has 21 heavy (non-hydrogen) atoms. The van der Waals surface area contributed by atoms with Crippen LogP contribution in [0.3, 0.4) is 0 Å². The van der Waals surface area contributed by atoms with Crippen LogP contribution in [0.25, 0.3) is 0 Å². The molecule has 1 fully saturated rings. The molecule has 3 rings (SSSR count). The van der Waals surface area contributed by atoms with E-state index in [1.54, 1.807) is 6.20 Å². The van der Waals surface area contributed by atoms with E-state index in [-0.39, 0.29) is 11.5 Å². The normalized spacial score (nSPS) is 18.0. The van der Waals surface area contributed by atoms with Crippen LogP contribution in [0, 0.1) is 0 Å². The number of hydrogen-bond donors (Lipinski definition) is 1. The summed E-state index contributed by atoms with van der Waals surface area (Å²) < 4.78 is 2.05. The van der Waals surface area contributed by atoms with E-state index in [0.717, 1.165) is 10.7 Å². The van der Waals surface area contributed by atoms with Crippen LogP contribution in [0.4, 0.5) is 0 Å².